The monoisotopic (exact) mass is 431 g/mol. The van der Waals surface area contributed by atoms with Crippen LogP contribution in [0.4, 0.5) is 0 Å². The van der Waals surface area contributed by atoms with E-state index >= 15 is 0 Å². The number of benzene rings is 3. The van der Waals surface area contributed by atoms with Crippen LogP contribution in [0.1, 0.15) is 56.6 Å². The summed E-state index contributed by atoms with van der Waals surface area (Å²) in [6.45, 7) is 4.51. The zero-order valence-corrected chi connectivity index (χ0v) is 19.7. The van der Waals surface area contributed by atoms with E-state index in [0.717, 1.165) is 18.5 Å². The summed E-state index contributed by atoms with van der Waals surface area (Å²) < 4.78 is 0. The number of hydrogen-bond acceptors (Lipinski definition) is 1. The molecule has 33 heavy (non-hydrogen) atoms. The van der Waals surface area contributed by atoms with Gasteiger partial charge >= 0.3 is 0 Å². The van der Waals surface area contributed by atoms with E-state index in [1.807, 2.05) is 0 Å². The molecule has 1 heterocycles. The summed E-state index contributed by atoms with van der Waals surface area (Å²) in [5, 5.41) is 0. The largest absolute Gasteiger partial charge is 0.253 e. The Kier molecular flexibility index (Phi) is 6.39. The van der Waals surface area contributed by atoms with E-state index in [-0.39, 0.29) is 0 Å². The molecule has 0 aromatic heterocycles. The molecule has 0 amide bonds. The van der Waals surface area contributed by atoms with Crippen molar-refractivity contribution in [2.75, 3.05) is 0 Å². The number of fused-ring (bicyclic) bond motifs is 1. The summed E-state index contributed by atoms with van der Waals surface area (Å²) in [5.41, 5.74) is 9.08. The van der Waals surface area contributed by atoms with Crippen LogP contribution < -0.4 is 0 Å². The molecule has 1 nitrogen and oxygen atoms in total. The number of allylic oxidation sites excluding steroid dienone is 3. The van der Waals surface area contributed by atoms with Gasteiger partial charge in [-0.3, -0.25) is 4.99 Å². The molecule has 0 spiro atoms. The molecule has 1 saturated carbocycles. The fraction of sp³-hybridized carbons (Fsp3) is 0.281. The molecular formula is C32H33N. The van der Waals surface area contributed by atoms with Gasteiger partial charge in [-0.2, -0.15) is 0 Å². The van der Waals surface area contributed by atoms with Gasteiger partial charge in [0.05, 0.1) is 5.70 Å². The highest BCUT2D eigenvalue weighted by Crippen LogP contribution is 2.46. The molecule has 1 fully saturated rings. The molecule has 166 valence electrons. The summed E-state index contributed by atoms with van der Waals surface area (Å²) in [6, 6.07) is 30.7. The molecule has 5 rings (SSSR count). The van der Waals surface area contributed by atoms with Gasteiger partial charge in [0.2, 0.25) is 0 Å². The van der Waals surface area contributed by atoms with E-state index in [1.165, 1.54) is 46.4 Å². The first-order chi connectivity index (χ1) is 16.3. The Bertz CT molecular complexity index is 1170. The van der Waals surface area contributed by atoms with Crippen LogP contribution in [0.3, 0.4) is 0 Å². The van der Waals surface area contributed by atoms with Crippen LogP contribution in [-0.4, -0.2) is 5.71 Å². The third-order valence-electron chi connectivity index (χ3n) is 7.44. The van der Waals surface area contributed by atoms with Crippen molar-refractivity contribution in [3.05, 3.63) is 114 Å². The van der Waals surface area contributed by atoms with Crippen molar-refractivity contribution >= 4 is 11.4 Å². The molecule has 0 saturated heterocycles. The number of hydrogen-bond donors (Lipinski definition) is 0. The minimum atomic E-state index is 0.471. The van der Waals surface area contributed by atoms with Crippen molar-refractivity contribution in [3.63, 3.8) is 0 Å². The Morgan fingerprint density at radius 1 is 0.818 bits per heavy atom. The number of nitrogens with zero attached hydrogens (tertiary/aromatic N) is 1. The topological polar surface area (TPSA) is 12.4 Å². The second kappa shape index (κ2) is 9.75. The van der Waals surface area contributed by atoms with Gasteiger partial charge in [0.1, 0.15) is 0 Å². The van der Waals surface area contributed by atoms with E-state index in [1.54, 1.807) is 0 Å². The zero-order valence-electron chi connectivity index (χ0n) is 19.7. The van der Waals surface area contributed by atoms with Gasteiger partial charge in [0.25, 0.3) is 0 Å². The highest BCUT2D eigenvalue weighted by Gasteiger charge is 2.37. The molecule has 0 N–H and O–H groups in total. The minimum absolute atomic E-state index is 0.471. The lowest BCUT2D eigenvalue weighted by atomic mass is 9.68. The van der Waals surface area contributed by atoms with E-state index in [4.69, 9.17) is 4.99 Å². The maximum atomic E-state index is 5.41. The minimum Gasteiger partial charge on any atom is -0.253 e. The maximum Gasteiger partial charge on any atom is 0.0668 e. The Hall–Kier alpha value is -3.19. The fourth-order valence-electron chi connectivity index (χ4n) is 5.74. The van der Waals surface area contributed by atoms with Crippen LogP contribution in [0.15, 0.2) is 108 Å². The highest BCUT2D eigenvalue weighted by atomic mass is 14.8. The Morgan fingerprint density at radius 2 is 1.45 bits per heavy atom. The molecule has 3 unspecified atom stereocenters. The van der Waals surface area contributed by atoms with Crippen molar-refractivity contribution < 1.29 is 0 Å². The SMILES string of the molecule is C/C=C1\CCCC2C1=NC(c1ccc(-c3ccccc3)cc1)=CC(CC)C2c1ccccc1. The molecule has 1 aliphatic carbocycles. The summed E-state index contributed by atoms with van der Waals surface area (Å²) in [4.78, 5) is 5.41. The van der Waals surface area contributed by atoms with Gasteiger partial charge in [0, 0.05) is 11.6 Å². The van der Waals surface area contributed by atoms with Crippen LogP contribution >= 0.6 is 0 Å². The molecule has 3 aromatic carbocycles. The highest BCUT2D eigenvalue weighted by molar-refractivity contribution is 6.06. The fourth-order valence-corrected chi connectivity index (χ4v) is 5.74. The molecule has 1 heteroatoms. The molecule has 0 radical (unpaired) electrons. The first-order valence-corrected chi connectivity index (χ1v) is 12.4. The molecule has 3 aromatic rings. The van der Waals surface area contributed by atoms with Crippen molar-refractivity contribution in [1.29, 1.82) is 0 Å². The molecule has 1 aliphatic heterocycles. The summed E-state index contributed by atoms with van der Waals surface area (Å²) in [6.07, 6.45) is 9.51. The summed E-state index contributed by atoms with van der Waals surface area (Å²) in [5.74, 6) is 1.43. The zero-order chi connectivity index (χ0) is 22.6. The summed E-state index contributed by atoms with van der Waals surface area (Å²) in [7, 11) is 0. The predicted molar refractivity (Wildman–Crippen MR) is 141 cm³/mol. The second-order valence-corrected chi connectivity index (χ2v) is 9.31. The number of aliphatic imine (C=N–C) groups is 1. The van der Waals surface area contributed by atoms with Crippen LogP contribution in [0.25, 0.3) is 16.8 Å². The third-order valence-corrected chi connectivity index (χ3v) is 7.44. The van der Waals surface area contributed by atoms with Gasteiger partial charge in [-0.25, -0.2) is 0 Å². The van der Waals surface area contributed by atoms with Gasteiger partial charge in [-0.05, 0) is 72.3 Å². The van der Waals surface area contributed by atoms with Crippen molar-refractivity contribution in [2.24, 2.45) is 16.8 Å². The van der Waals surface area contributed by atoms with Gasteiger partial charge < -0.3 is 0 Å². The lowest BCUT2D eigenvalue weighted by Crippen LogP contribution is -2.30. The lowest BCUT2D eigenvalue weighted by Gasteiger charge is -2.35. The number of rotatable bonds is 4. The maximum absolute atomic E-state index is 5.41. The standard InChI is InChI=1S/C32H33N/c1-3-23-16-11-17-29-31(28-14-9-6-10-15-28)24(4-2)22-30(33-32(23)29)27-20-18-26(19-21-27)25-12-7-5-8-13-25/h3,5-10,12-15,18-22,24,29,31H,4,11,16-17H2,1-2H3/b23-3+. The average Bonchev–Trinajstić information content (AvgIpc) is 3.06. The van der Waals surface area contributed by atoms with Crippen LogP contribution in [-0.2, 0) is 0 Å². The van der Waals surface area contributed by atoms with Crippen LogP contribution in [0.2, 0.25) is 0 Å². The van der Waals surface area contributed by atoms with E-state index in [2.05, 4.69) is 111 Å². The first-order valence-electron chi connectivity index (χ1n) is 12.4. The quantitative estimate of drug-likeness (QED) is 0.392. The van der Waals surface area contributed by atoms with E-state index in [9.17, 15) is 0 Å². The Morgan fingerprint density at radius 3 is 2.12 bits per heavy atom. The normalized spacial score (nSPS) is 23.9. The van der Waals surface area contributed by atoms with Crippen LogP contribution in [0.5, 0.6) is 0 Å². The van der Waals surface area contributed by atoms with Gasteiger partial charge in [-0.15, -0.1) is 0 Å². The molecule has 3 atom stereocenters. The average molecular weight is 432 g/mol. The molecular weight excluding hydrogens is 398 g/mol. The predicted octanol–water partition coefficient (Wildman–Crippen LogP) is 8.71. The van der Waals surface area contributed by atoms with E-state index in [0.29, 0.717) is 17.8 Å². The van der Waals surface area contributed by atoms with Crippen molar-refractivity contribution in [3.8, 4) is 11.1 Å². The molecule has 0 bridgehead atoms. The second-order valence-electron chi connectivity index (χ2n) is 9.31. The first kappa shape index (κ1) is 21.6. The molecule has 2 aliphatic rings. The smallest absolute Gasteiger partial charge is 0.0668 e. The van der Waals surface area contributed by atoms with Crippen molar-refractivity contribution in [1.82, 2.24) is 0 Å². The summed E-state index contributed by atoms with van der Waals surface area (Å²) >= 11 is 0. The Labute approximate surface area is 198 Å². The lowest BCUT2D eigenvalue weighted by molar-refractivity contribution is 0.383. The van der Waals surface area contributed by atoms with Gasteiger partial charge in [-0.1, -0.05) is 104 Å². The third kappa shape index (κ3) is 4.37. The van der Waals surface area contributed by atoms with Crippen molar-refractivity contribution in [2.45, 2.75) is 45.4 Å². The van der Waals surface area contributed by atoms with E-state index < -0.39 is 0 Å². The Balaban J connectivity index is 1.60. The van der Waals surface area contributed by atoms with Crippen LogP contribution in [0, 0.1) is 11.8 Å². The van der Waals surface area contributed by atoms with Gasteiger partial charge in [0.15, 0.2) is 0 Å².